The van der Waals surface area contributed by atoms with Crippen molar-refractivity contribution in [3.05, 3.63) is 0 Å². The molecule has 0 aromatic carbocycles. The molecule has 6 saturated heterocycles. The Morgan fingerprint density at radius 3 is 1.46 bits per heavy atom. The third kappa shape index (κ3) is 25.3. The number of carbonyl (C=O) groups excluding carboxylic acids is 3. The van der Waals surface area contributed by atoms with E-state index in [2.05, 4.69) is 20.8 Å². The molecule has 0 spiro atoms. The lowest BCUT2D eigenvalue weighted by molar-refractivity contribution is -0.400. The van der Waals surface area contributed by atoms with Crippen LogP contribution in [0.4, 0.5) is 0 Å². The topological polar surface area (TPSA) is 353 Å². The van der Waals surface area contributed by atoms with Gasteiger partial charge in [-0.2, -0.15) is 0 Å². The fourth-order valence-corrected chi connectivity index (χ4v) is 13.7. The van der Waals surface area contributed by atoms with Crippen molar-refractivity contribution in [3.63, 3.8) is 0 Å². The number of fused-ring (bicyclic) bond motifs is 2. The molecule has 554 valence electrons. The fraction of sp³-hybridized carbons (Fsp3) is 0.957. The van der Waals surface area contributed by atoms with Crippen LogP contribution in [0.5, 0.6) is 0 Å². The van der Waals surface area contributed by atoms with Gasteiger partial charge in [-0.25, -0.2) is 0 Å². The maximum absolute atomic E-state index is 14.4. The predicted molar refractivity (Wildman–Crippen MR) is 345 cm³/mol. The van der Waals surface area contributed by atoms with Crippen LogP contribution in [-0.4, -0.2) is 230 Å². The van der Waals surface area contributed by atoms with Crippen molar-refractivity contribution in [3.8, 4) is 0 Å². The molecule has 6 rings (SSSR count). The molecule has 26 unspecified atom stereocenters. The molecule has 6 aliphatic heterocycles. The predicted octanol–water partition coefficient (Wildman–Crippen LogP) is 7.18. The summed E-state index contributed by atoms with van der Waals surface area (Å²) in [5.41, 5.74) is 0. The van der Waals surface area contributed by atoms with Gasteiger partial charge in [-0.1, -0.05) is 181 Å². The van der Waals surface area contributed by atoms with Crippen molar-refractivity contribution < 1.29 is 122 Å². The molecule has 6 heterocycles. The molecular formula is C70H124O25. The molecule has 0 bridgehead atoms. The molecule has 0 aromatic heterocycles. The standard InChI is InChI=1S/C70H124O25/c1-8-11-14-16-18-20-24-28-33-38-48(72)89-59-43(5)84-66(57(81)55(59)79)93-61-45(7)86-70(65(91-50(74)40-35-29-25-21-19-17-15-12-9-2)64(61)95-67-56(80)53(77)52(76)47(41-71)88-67)92-60-44(6)85-69-63(58(60)82)90-49(73)39-34-30-26-22-23-27-32-37-46(36-31-13-10-3)87-68-62(94-69)54(78)51(75)42(4)83-68/h42-47,51-71,75-82H,8-41H2,1-7H3. The maximum Gasteiger partial charge on any atom is 0.306 e. The number of carbonyl (C=O) groups is 3. The van der Waals surface area contributed by atoms with Gasteiger partial charge in [-0.3, -0.25) is 14.4 Å². The Labute approximate surface area is 564 Å². The highest BCUT2D eigenvalue weighted by Crippen LogP contribution is 2.40. The summed E-state index contributed by atoms with van der Waals surface area (Å²) in [4.78, 5) is 41.6. The van der Waals surface area contributed by atoms with Gasteiger partial charge in [0.05, 0.1) is 37.1 Å². The van der Waals surface area contributed by atoms with E-state index < -0.39 is 178 Å². The van der Waals surface area contributed by atoms with E-state index in [0.29, 0.717) is 38.5 Å². The molecule has 0 saturated carbocycles. The summed E-state index contributed by atoms with van der Waals surface area (Å²) in [6.07, 6.45) is -11.9. The van der Waals surface area contributed by atoms with Gasteiger partial charge in [-0.15, -0.1) is 0 Å². The van der Waals surface area contributed by atoms with E-state index in [1.165, 1.54) is 46.5 Å². The van der Waals surface area contributed by atoms with Crippen LogP contribution in [0.2, 0.25) is 0 Å². The number of aliphatic hydroxyl groups excluding tert-OH is 9. The molecule has 95 heavy (non-hydrogen) atoms. The Morgan fingerprint density at radius 2 is 0.863 bits per heavy atom. The van der Waals surface area contributed by atoms with Crippen molar-refractivity contribution >= 4 is 17.9 Å². The number of aliphatic hydroxyl groups is 9. The van der Waals surface area contributed by atoms with Crippen LogP contribution >= 0.6 is 0 Å². The lowest BCUT2D eigenvalue weighted by Crippen LogP contribution is -2.68. The van der Waals surface area contributed by atoms with Gasteiger partial charge in [0.25, 0.3) is 0 Å². The van der Waals surface area contributed by atoms with Gasteiger partial charge in [0.15, 0.2) is 49.8 Å². The monoisotopic (exact) mass is 1360 g/mol. The highest BCUT2D eigenvalue weighted by Gasteiger charge is 2.59. The van der Waals surface area contributed by atoms with E-state index in [4.69, 9.17) is 61.6 Å². The summed E-state index contributed by atoms with van der Waals surface area (Å²) < 4.78 is 82.7. The zero-order valence-electron chi connectivity index (χ0n) is 58.1. The second-order valence-electron chi connectivity index (χ2n) is 27.7. The molecule has 6 fully saturated rings. The summed E-state index contributed by atoms with van der Waals surface area (Å²) in [5.74, 6) is -2.06. The first kappa shape index (κ1) is 81.6. The Kier molecular flexibility index (Phi) is 37.3. The lowest BCUT2D eigenvalue weighted by Gasteiger charge is -2.51. The number of hydrogen-bond acceptors (Lipinski definition) is 25. The average Bonchev–Trinajstić information content (AvgIpc) is 0.774. The minimum absolute atomic E-state index is 0.0351. The largest absolute Gasteiger partial charge is 0.457 e. The number of hydrogen-bond donors (Lipinski definition) is 9. The van der Waals surface area contributed by atoms with E-state index in [0.717, 1.165) is 128 Å². The van der Waals surface area contributed by atoms with Crippen LogP contribution in [0.15, 0.2) is 0 Å². The van der Waals surface area contributed by atoms with E-state index in [1.807, 2.05) is 0 Å². The normalized spacial score (nSPS) is 38.8. The molecule has 0 radical (unpaired) electrons. The average molecular weight is 1370 g/mol. The number of unbranched alkanes of at least 4 members (excludes halogenated alkanes) is 18. The van der Waals surface area contributed by atoms with Gasteiger partial charge in [0.1, 0.15) is 79.4 Å². The quantitative estimate of drug-likeness (QED) is 0.0178. The first-order chi connectivity index (χ1) is 45.7. The van der Waals surface area contributed by atoms with E-state index >= 15 is 0 Å². The molecule has 25 heteroatoms. The summed E-state index contributed by atoms with van der Waals surface area (Å²) in [6, 6.07) is 0. The molecule has 0 aromatic rings. The zero-order chi connectivity index (χ0) is 69.0. The smallest absolute Gasteiger partial charge is 0.306 e. The molecule has 0 aliphatic carbocycles. The third-order valence-corrected chi connectivity index (χ3v) is 19.7. The number of esters is 3. The van der Waals surface area contributed by atoms with Crippen molar-refractivity contribution in [2.24, 2.45) is 0 Å². The molecule has 6 aliphatic rings. The van der Waals surface area contributed by atoms with E-state index in [9.17, 15) is 60.3 Å². The molecule has 0 amide bonds. The van der Waals surface area contributed by atoms with Crippen LogP contribution in [0.25, 0.3) is 0 Å². The second-order valence-corrected chi connectivity index (χ2v) is 27.7. The van der Waals surface area contributed by atoms with Crippen molar-refractivity contribution in [1.29, 1.82) is 0 Å². The molecule has 9 N–H and O–H groups in total. The van der Waals surface area contributed by atoms with Crippen LogP contribution in [0.3, 0.4) is 0 Å². The van der Waals surface area contributed by atoms with Crippen molar-refractivity contribution in [2.45, 2.75) is 420 Å². The maximum atomic E-state index is 14.4. The highest BCUT2D eigenvalue weighted by atomic mass is 16.8. The Morgan fingerprint density at radius 1 is 0.400 bits per heavy atom. The van der Waals surface area contributed by atoms with Gasteiger partial charge in [0, 0.05) is 19.3 Å². The highest BCUT2D eigenvalue weighted by molar-refractivity contribution is 5.70. The first-order valence-electron chi connectivity index (χ1n) is 36.9. The number of rotatable bonds is 33. The fourth-order valence-electron chi connectivity index (χ4n) is 13.7. The second kappa shape index (κ2) is 43.5. The molecular weight excluding hydrogens is 1240 g/mol. The van der Waals surface area contributed by atoms with Gasteiger partial charge < -0.3 is 108 Å². The summed E-state index contributed by atoms with van der Waals surface area (Å²) >= 11 is 0. The van der Waals surface area contributed by atoms with Crippen LogP contribution < -0.4 is 0 Å². The van der Waals surface area contributed by atoms with Crippen LogP contribution in [0, 0.1) is 0 Å². The minimum Gasteiger partial charge on any atom is -0.457 e. The zero-order valence-corrected chi connectivity index (χ0v) is 58.1. The minimum atomic E-state index is -2.01. The van der Waals surface area contributed by atoms with Gasteiger partial charge in [0.2, 0.25) is 0 Å². The van der Waals surface area contributed by atoms with E-state index in [1.54, 1.807) is 6.92 Å². The van der Waals surface area contributed by atoms with Crippen molar-refractivity contribution in [2.75, 3.05) is 6.61 Å². The van der Waals surface area contributed by atoms with Crippen LogP contribution in [0.1, 0.15) is 260 Å². The molecule has 25 nitrogen and oxygen atoms in total. The molecule has 26 atom stereocenters. The van der Waals surface area contributed by atoms with Crippen molar-refractivity contribution in [1.82, 2.24) is 0 Å². The summed E-state index contributed by atoms with van der Waals surface area (Å²) in [5, 5.41) is 103. The van der Waals surface area contributed by atoms with Gasteiger partial charge >= 0.3 is 17.9 Å². The SMILES string of the molecule is CCCCCCCCCCCC(=O)OC1C(C)OC(OC2C(C)OC(OC3C(C)OC4OC5C(OC(CCCCC)CCCCCCCCCC(=O)OC4C3O)OC(C)C(O)C5O)C(OC(=O)CCCCCCCCCCC)C2OC2OC(CO)C(O)C(O)C2O)C(O)C1O. The Hall–Kier alpha value is -2.35. The number of ether oxygens (including phenoxy) is 13. The van der Waals surface area contributed by atoms with Gasteiger partial charge in [-0.05, 0) is 59.8 Å². The Balaban J connectivity index is 1.31. The van der Waals surface area contributed by atoms with Crippen LogP contribution in [-0.2, 0) is 76.0 Å². The summed E-state index contributed by atoms with van der Waals surface area (Å²) in [6.45, 7) is 11.8. The first-order valence-corrected chi connectivity index (χ1v) is 36.9. The Bertz CT molecular complexity index is 2110. The summed E-state index contributed by atoms with van der Waals surface area (Å²) in [7, 11) is 0. The third-order valence-electron chi connectivity index (χ3n) is 19.7. The van der Waals surface area contributed by atoms with E-state index in [-0.39, 0.29) is 25.4 Å². The lowest BCUT2D eigenvalue weighted by atomic mass is 9.95.